The number of aliphatic hydroxyl groups is 3. The number of fused-ring (bicyclic) bond motifs is 5. The molecule has 1 aromatic rings. The first kappa shape index (κ1) is 34.7. The molecule has 10 nitrogen and oxygen atoms in total. The Morgan fingerprint density at radius 1 is 1.19 bits per heavy atom. The van der Waals surface area contributed by atoms with Gasteiger partial charge in [-0.15, -0.1) is 0 Å². The zero-order chi connectivity index (χ0) is 30.8. The Morgan fingerprint density at radius 2 is 1.83 bits per heavy atom. The summed E-state index contributed by atoms with van der Waals surface area (Å²) in [5, 5.41) is 42.3. The second kappa shape index (κ2) is 11.6. The van der Waals surface area contributed by atoms with Crippen LogP contribution >= 0.6 is 0 Å². The van der Waals surface area contributed by atoms with Crippen LogP contribution in [0.4, 0.5) is 4.39 Å². The second-order valence-corrected chi connectivity index (χ2v) is 13.5. The van der Waals surface area contributed by atoms with Gasteiger partial charge >= 0.3 is 29.6 Å². The first-order valence-electron chi connectivity index (χ1n) is 13.3. The number of aromatic carboxylic acids is 1. The largest absolute Gasteiger partial charge is 1.00 e. The van der Waals surface area contributed by atoms with Gasteiger partial charge in [0, 0.05) is 16.7 Å². The Kier molecular flexibility index (Phi) is 9.61. The summed E-state index contributed by atoms with van der Waals surface area (Å²) >= 11 is 0. The van der Waals surface area contributed by atoms with Gasteiger partial charge in [0.15, 0.2) is 17.2 Å². The molecule has 4 N–H and O–H groups in total. The van der Waals surface area contributed by atoms with Gasteiger partial charge in [0.25, 0.3) is 10.1 Å². The Balaban J connectivity index is 0.000000293. The minimum atomic E-state index is -4.35. The van der Waals surface area contributed by atoms with Crippen molar-refractivity contribution in [2.24, 2.45) is 28.6 Å². The molecule has 0 spiro atoms. The van der Waals surface area contributed by atoms with E-state index in [1.807, 2.05) is 0 Å². The molecule has 1 aromatic carbocycles. The second-order valence-electron chi connectivity index (χ2n) is 12.0. The molecule has 0 radical (unpaired) electrons. The summed E-state index contributed by atoms with van der Waals surface area (Å²) in [6.07, 6.45) is 4.44. The van der Waals surface area contributed by atoms with Crippen molar-refractivity contribution in [2.45, 2.75) is 68.7 Å². The van der Waals surface area contributed by atoms with Crippen LogP contribution < -0.4 is 34.7 Å². The normalized spacial score (nSPS) is 38.5. The molecule has 0 saturated heterocycles. The molecule has 0 aromatic heterocycles. The van der Waals surface area contributed by atoms with E-state index in [0.29, 0.717) is 24.8 Å². The fourth-order valence-corrected chi connectivity index (χ4v) is 8.57. The van der Waals surface area contributed by atoms with Gasteiger partial charge in [0.05, 0.1) is 17.0 Å². The number of ketones is 2. The number of Topliss-reactive ketones (excluding diaryl/α,β-unsaturated/α-hetero) is 1. The van der Waals surface area contributed by atoms with Gasteiger partial charge in [-0.2, -0.15) is 8.42 Å². The molecule has 42 heavy (non-hydrogen) atoms. The Hall–Kier alpha value is -1.77. The molecule has 224 valence electrons. The SMILES string of the molecule is CC1C[C@H]2[C@@H]3CCC4=CC(=O)C=C[C@]4(C)[C@@]3(F)[C@@H](O)C[C@]2(C)[C@@]1(O)C(=O)CO.O=C([O-])c1cccc(S(=O)(=O)O)c1.[Na+]. The first-order chi connectivity index (χ1) is 18.9. The van der Waals surface area contributed by atoms with Crippen LogP contribution in [0, 0.1) is 28.6 Å². The Labute approximate surface area is 265 Å². The van der Waals surface area contributed by atoms with Crippen molar-refractivity contribution in [1.82, 2.24) is 0 Å². The van der Waals surface area contributed by atoms with Gasteiger partial charge in [-0.1, -0.05) is 37.6 Å². The summed E-state index contributed by atoms with van der Waals surface area (Å²) in [5.41, 5.74) is -5.47. The van der Waals surface area contributed by atoms with E-state index in [1.165, 1.54) is 24.3 Å². The fraction of sp³-hybridized carbons (Fsp3) is 0.552. The van der Waals surface area contributed by atoms with Crippen LogP contribution in [0.1, 0.15) is 56.8 Å². The van der Waals surface area contributed by atoms with E-state index in [-0.39, 0.29) is 53.2 Å². The molecule has 3 saturated carbocycles. The molecule has 3 fully saturated rings. The monoisotopic (exact) mass is 616 g/mol. The van der Waals surface area contributed by atoms with Crippen molar-refractivity contribution < 1.29 is 81.7 Å². The van der Waals surface area contributed by atoms with Crippen LogP contribution in [0.3, 0.4) is 0 Å². The Bertz CT molecular complexity index is 1460. The van der Waals surface area contributed by atoms with Gasteiger partial charge in [-0.3, -0.25) is 14.1 Å². The van der Waals surface area contributed by atoms with Gasteiger partial charge in [-0.25, -0.2) is 4.39 Å². The van der Waals surface area contributed by atoms with E-state index in [2.05, 4.69) is 0 Å². The minimum Gasteiger partial charge on any atom is -0.545 e. The van der Waals surface area contributed by atoms with Crippen LogP contribution in [0.2, 0.25) is 0 Å². The van der Waals surface area contributed by atoms with E-state index < -0.39 is 73.4 Å². The first-order valence-corrected chi connectivity index (χ1v) is 14.8. The summed E-state index contributed by atoms with van der Waals surface area (Å²) in [4.78, 5) is 34.2. The zero-order valence-electron chi connectivity index (χ0n) is 23.9. The summed E-state index contributed by atoms with van der Waals surface area (Å²) in [6.45, 7) is 4.48. The van der Waals surface area contributed by atoms with E-state index in [9.17, 15) is 43.2 Å². The average molecular weight is 617 g/mol. The maximum Gasteiger partial charge on any atom is 1.00 e. The van der Waals surface area contributed by atoms with Crippen molar-refractivity contribution in [3.05, 3.63) is 53.6 Å². The number of rotatable bonds is 4. The number of aliphatic hydroxyl groups excluding tert-OH is 2. The van der Waals surface area contributed by atoms with Crippen LogP contribution in [0.25, 0.3) is 0 Å². The quantitative estimate of drug-likeness (QED) is 0.222. The molecule has 4 aliphatic carbocycles. The number of halogens is 1. The summed E-state index contributed by atoms with van der Waals surface area (Å²) in [7, 11) is -4.35. The van der Waals surface area contributed by atoms with Gasteiger partial charge < -0.3 is 25.2 Å². The number of carboxylic acid groups (broad SMARTS) is 1. The number of alkyl halides is 1. The third-order valence-electron chi connectivity index (χ3n) is 10.2. The van der Waals surface area contributed by atoms with Crippen molar-refractivity contribution in [3.8, 4) is 0 Å². The van der Waals surface area contributed by atoms with Gasteiger partial charge in [0.2, 0.25) is 0 Å². The number of allylic oxidation sites excluding steroid dienone is 4. The van der Waals surface area contributed by atoms with Crippen LogP contribution in [0.15, 0.2) is 53.0 Å². The number of carbonyl (C=O) groups excluding carboxylic acids is 3. The molecule has 4 aliphatic rings. The van der Waals surface area contributed by atoms with E-state index >= 15 is 4.39 Å². The minimum absolute atomic E-state index is 0. The fourth-order valence-electron chi connectivity index (χ4n) is 8.04. The van der Waals surface area contributed by atoms with Gasteiger partial charge in [-0.05, 0) is 74.3 Å². The van der Waals surface area contributed by atoms with E-state index in [4.69, 9.17) is 4.55 Å². The number of hydrogen-bond acceptors (Lipinski definition) is 9. The van der Waals surface area contributed by atoms with Gasteiger partial charge in [0.1, 0.15) is 12.2 Å². The number of carbonyl (C=O) groups is 3. The van der Waals surface area contributed by atoms with E-state index in [0.717, 1.165) is 12.1 Å². The molecule has 8 atom stereocenters. The van der Waals surface area contributed by atoms with Crippen LogP contribution in [-0.4, -0.2) is 69.8 Å². The van der Waals surface area contributed by atoms with Crippen molar-refractivity contribution in [2.75, 3.05) is 6.61 Å². The predicted molar refractivity (Wildman–Crippen MR) is 141 cm³/mol. The van der Waals surface area contributed by atoms with Crippen molar-refractivity contribution >= 4 is 27.7 Å². The smallest absolute Gasteiger partial charge is 0.545 e. The topological polar surface area (TPSA) is 189 Å². The summed E-state index contributed by atoms with van der Waals surface area (Å²) in [5.74, 6) is -3.61. The standard InChI is InChI=1S/C22H29FO5.C7H6O5S.Na/c1-12-8-16-15-5-4-13-9-14(25)6-7-19(13,2)21(15,23)17(26)10-20(16,3)22(12,28)18(27)11-24;8-7(9)5-2-1-3-6(4-5)13(10,11)12;/h6-7,9,12,15-17,24,26,28H,4-5,8,10-11H2,1-3H3;1-4H,(H,8,9)(H,10,11,12);/q;;+1/p-1/t12?,15-,16-,17-,19-,20-,21-,22-;;/m0../s1. The summed E-state index contributed by atoms with van der Waals surface area (Å²) < 4.78 is 46.5. The third kappa shape index (κ3) is 5.07. The number of benzene rings is 1. The average Bonchev–Trinajstić information content (AvgIpc) is 3.10. The Morgan fingerprint density at radius 3 is 2.40 bits per heavy atom. The maximum absolute atomic E-state index is 16.9. The molecule has 0 heterocycles. The maximum atomic E-state index is 16.9. The van der Waals surface area contributed by atoms with Crippen LogP contribution in [-0.2, 0) is 19.7 Å². The van der Waals surface area contributed by atoms with Crippen molar-refractivity contribution in [1.29, 1.82) is 0 Å². The summed E-state index contributed by atoms with van der Waals surface area (Å²) in [6, 6.07) is 4.28. The zero-order valence-corrected chi connectivity index (χ0v) is 26.7. The number of carboxylic acids is 1. The number of hydrogen-bond donors (Lipinski definition) is 4. The molecule has 5 rings (SSSR count). The molecular weight excluding hydrogens is 582 g/mol. The molecular formula is C29H34FNaO10S. The predicted octanol–water partition coefficient (Wildman–Crippen LogP) is -1.80. The molecule has 13 heteroatoms. The molecule has 0 bridgehead atoms. The van der Waals surface area contributed by atoms with E-state index in [1.54, 1.807) is 26.8 Å². The van der Waals surface area contributed by atoms with Crippen molar-refractivity contribution in [3.63, 3.8) is 0 Å². The third-order valence-corrected chi connectivity index (χ3v) is 11.0. The molecule has 0 aliphatic heterocycles. The van der Waals surface area contributed by atoms with Crippen LogP contribution in [0.5, 0.6) is 0 Å². The molecule has 0 amide bonds. The molecule has 1 unspecified atom stereocenters.